The van der Waals surface area contributed by atoms with Crippen molar-refractivity contribution in [2.24, 2.45) is 5.92 Å². The number of carbonyl (C=O) groups is 4. The maximum Gasteiger partial charge on any atom is 0.309 e. The zero-order valence-electron chi connectivity index (χ0n) is 20.4. The number of amides is 3. The van der Waals surface area contributed by atoms with E-state index >= 15 is 0 Å². The smallest absolute Gasteiger partial charge is 0.309 e. The molecule has 10 heteroatoms. The van der Waals surface area contributed by atoms with Gasteiger partial charge in [-0.3, -0.25) is 19.2 Å². The average molecular weight is 494 g/mol. The van der Waals surface area contributed by atoms with Gasteiger partial charge in [-0.1, -0.05) is 12.1 Å². The molecule has 0 radical (unpaired) electrons. The van der Waals surface area contributed by atoms with Crippen molar-refractivity contribution in [3.63, 3.8) is 0 Å². The first-order valence-corrected chi connectivity index (χ1v) is 12.8. The first-order valence-electron chi connectivity index (χ1n) is 11.4. The van der Waals surface area contributed by atoms with Crippen molar-refractivity contribution in [1.82, 2.24) is 15.1 Å². The minimum absolute atomic E-state index is 0.0940. The van der Waals surface area contributed by atoms with E-state index in [2.05, 4.69) is 5.32 Å². The van der Waals surface area contributed by atoms with Crippen molar-refractivity contribution in [2.45, 2.75) is 32.2 Å². The Kier molecular flexibility index (Phi) is 11.2. The predicted molar refractivity (Wildman–Crippen MR) is 131 cm³/mol. The van der Waals surface area contributed by atoms with Gasteiger partial charge in [0.15, 0.2) is 0 Å². The molecule has 1 unspecified atom stereocenters. The number of thioether (sulfide) groups is 1. The zero-order valence-corrected chi connectivity index (χ0v) is 21.2. The molecule has 34 heavy (non-hydrogen) atoms. The summed E-state index contributed by atoms with van der Waals surface area (Å²) in [6, 6.07) is 6.05. The van der Waals surface area contributed by atoms with E-state index in [0.717, 1.165) is 0 Å². The molecule has 0 bridgehead atoms. The minimum Gasteiger partial charge on any atom is -0.496 e. The van der Waals surface area contributed by atoms with Crippen LogP contribution in [0.5, 0.6) is 5.75 Å². The van der Waals surface area contributed by atoms with E-state index in [4.69, 9.17) is 9.47 Å². The summed E-state index contributed by atoms with van der Waals surface area (Å²) in [5, 5.41) is 2.81. The zero-order chi connectivity index (χ0) is 25.1. The summed E-state index contributed by atoms with van der Waals surface area (Å²) in [5.74, 6) is -0.228. The molecule has 9 nitrogen and oxygen atoms in total. The normalized spacial score (nSPS) is 14.8. The predicted octanol–water partition coefficient (Wildman–Crippen LogP) is 1.81. The molecule has 1 atom stereocenters. The highest BCUT2D eigenvalue weighted by molar-refractivity contribution is 7.98. The Hall–Kier alpha value is -2.75. The van der Waals surface area contributed by atoms with Crippen molar-refractivity contribution in [1.29, 1.82) is 0 Å². The molecule has 2 rings (SSSR count). The lowest BCUT2D eigenvalue weighted by molar-refractivity contribution is -0.151. The molecule has 1 aromatic carbocycles. The van der Waals surface area contributed by atoms with E-state index in [1.54, 1.807) is 54.9 Å². The summed E-state index contributed by atoms with van der Waals surface area (Å²) in [5.41, 5.74) is 0.343. The number of ether oxygens (including phenoxy) is 2. The van der Waals surface area contributed by atoms with Crippen molar-refractivity contribution >= 4 is 35.5 Å². The fourth-order valence-electron chi connectivity index (χ4n) is 3.83. The number of esters is 1. The summed E-state index contributed by atoms with van der Waals surface area (Å²) in [4.78, 5) is 53.7. The molecular weight excluding hydrogens is 458 g/mol. The topological polar surface area (TPSA) is 105 Å². The molecule has 1 aliphatic rings. The highest BCUT2D eigenvalue weighted by Gasteiger charge is 2.31. The Balaban J connectivity index is 1.97. The third-order valence-corrected chi connectivity index (χ3v) is 6.43. The molecule has 0 spiro atoms. The number of rotatable bonds is 11. The number of piperidine rings is 1. The van der Waals surface area contributed by atoms with Gasteiger partial charge in [0.25, 0.3) is 5.91 Å². The number of nitrogens with one attached hydrogen (secondary N) is 1. The molecule has 1 aliphatic heterocycles. The van der Waals surface area contributed by atoms with E-state index in [1.165, 1.54) is 12.0 Å². The lowest BCUT2D eigenvalue weighted by Crippen LogP contribution is -2.51. The highest BCUT2D eigenvalue weighted by atomic mass is 32.2. The largest absolute Gasteiger partial charge is 0.496 e. The van der Waals surface area contributed by atoms with Gasteiger partial charge in [-0.2, -0.15) is 11.8 Å². The fraction of sp³-hybridized carbons (Fsp3) is 0.583. The van der Waals surface area contributed by atoms with Crippen LogP contribution in [0.4, 0.5) is 0 Å². The van der Waals surface area contributed by atoms with Crippen LogP contribution in [0.2, 0.25) is 0 Å². The Morgan fingerprint density at radius 1 is 1.21 bits per heavy atom. The standard InChI is InChI=1S/C24H35N3O6S/c1-5-33-24(31)17-10-13-27(14-11-17)21(28)16-26(2)23(30)19(12-15-34-4)25-22(29)18-8-6-7-9-20(18)32-3/h6-9,17,19H,5,10-16H2,1-4H3,(H,25,29). The quantitative estimate of drug-likeness (QED) is 0.469. The van der Waals surface area contributed by atoms with Crippen molar-refractivity contribution in [2.75, 3.05) is 52.4 Å². The number of para-hydroxylation sites is 1. The Bertz CT molecular complexity index is 857. The molecule has 188 valence electrons. The van der Waals surface area contributed by atoms with Crippen LogP contribution < -0.4 is 10.1 Å². The van der Waals surface area contributed by atoms with Gasteiger partial charge >= 0.3 is 5.97 Å². The Morgan fingerprint density at radius 2 is 1.88 bits per heavy atom. The Labute approximate surface area is 205 Å². The summed E-state index contributed by atoms with van der Waals surface area (Å²) in [6.45, 7) is 2.92. The molecule has 1 heterocycles. The number of likely N-dealkylation sites (N-methyl/N-ethyl adjacent to an activating group) is 1. The molecule has 1 N–H and O–H groups in total. The third-order valence-electron chi connectivity index (χ3n) is 5.78. The van der Waals surface area contributed by atoms with Gasteiger partial charge in [0, 0.05) is 20.1 Å². The molecule has 1 saturated heterocycles. The molecule has 1 fully saturated rings. The summed E-state index contributed by atoms with van der Waals surface area (Å²) in [7, 11) is 3.05. The number of nitrogens with zero attached hydrogens (tertiary/aromatic N) is 2. The van der Waals surface area contributed by atoms with Crippen LogP contribution in [0.25, 0.3) is 0 Å². The number of hydrogen-bond acceptors (Lipinski definition) is 7. The monoisotopic (exact) mass is 493 g/mol. The number of hydrogen-bond donors (Lipinski definition) is 1. The Morgan fingerprint density at radius 3 is 2.50 bits per heavy atom. The summed E-state index contributed by atoms with van der Waals surface area (Å²) in [6.07, 6.45) is 3.46. The molecule has 0 saturated carbocycles. The second-order valence-electron chi connectivity index (χ2n) is 8.11. The SMILES string of the molecule is CCOC(=O)C1CCN(C(=O)CN(C)C(=O)C(CCSC)NC(=O)c2ccccc2OC)CC1. The van der Waals surface area contributed by atoms with Crippen LogP contribution in [-0.2, 0) is 19.1 Å². The number of carbonyl (C=O) groups excluding carboxylic acids is 4. The van der Waals surface area contributed by atoms with Crippen LogP contribution in [0.3, 0.4) is 0 Å². The van der Waals surface area contributed by atoms with Gasteiger partial charge in [0.2, 0.25) is 11.8 Å². The highest BCUT2D eigenvalue weighted by Crippen LogP contribution is 2.20. The first kappa shape index (κ1) is 27.5. The van der Waals surface area contributed by atoms with E-state index in [-0.39, 0.29) is 30.2 Å². The van der Waals surface area contributed by atoms with Crippen LogP contribution in [0, 0.1) is 5.92 Å². The molecule has 3 amide bonds. The van der Waals surface area contributed by atoms with Gasteiger partial charge in [-0.05, 0) is 50.3 Å². The van der Waals surface area contributed by atoms with E-state index in [9.17, 15) is 19.2 Å². The van der Waals surface area contributed by atoms with Crippen molar-refractivity contribution in [3.8, 4) is 5.75 Å². The summed E-state index contributed by atoms with van der Waals surface area (Å²) < 4.78 is 10.3. The maximum absolute atomic E-state index is 13.1. The number of methoxy groups -OCH3 is 1. The van der Waals surface area contributed by atoms with E-state index < -0.39 is 11.9 Å². The van der Waals surface area contributed by atoms with Crippen LogP contribution in [0.15, 0.2) is 24.3 Å². The fourth-order valence-corrected chi connectivity index (χ4v) is 4.30. The van der Waals surface area contributed by atoms with Gasteiger partial charge in [-0.15, -0.1) is 0 Å². The van der Waals surface area contributed by atoms with Crippen molar-refractivity contribution in [3.05, 3.63) is 29.8 Å². The maximum atomic E-state index is 13.1. The van der Waals surface area contributed by atoms with Crippen LogP contribution in [-0.4, -0.2) is 91.9 Å². The van der Waals surface area contributed by atoms with E-state index in [0.29, 0.717) is 56.0 Å². The van der Waals surface area contributed by atoms with Gasteiger partial charge in [0.05, 0.1) is 31.7 Å². The number of likely N-dealkylation sites (tertiary alicyclic amines) is 1. The van der Waals surface area contributed by atoms with Gasteiger partial charge in [0.1, 0.15) is 11.8 Å². The number of benzene rings is 1. The molecular formula is C24H35N3O6S. The van der Waals surface area contributed by atoms with Crippen LogP contribution in [0.1, 0.15) is 36.5 Å². The average Bonchev–Trinajstić information content (AvgIpc) is 2.86. The van der Waals surface area contributed by atoms with Gasteiger partial charge < -0.3 is 24.6 Å². The second-order valence-corrected chi connectivity index (χ2v) is 9.09. The van der Waals surface area contributed by atoms with Crippen LogP contribution >= 0.6 is 11.8 Å². The van der Waals surface area contributed by atoms with Gasteiger partial charge in [-0.25, -0.2) is 0 Å². The molecule has 1 aromatic rings. The lowest BCUT2D eigenvalue weighted by Gasteiger charge is -2.32. The van der Waals surface area contributed by atoms with E-state index in [1.807, 2.05) is 6.26 Å². The van der Waals surface area contributed by atoms with Crippen molar-refractivity contribution < 1.29 is 28.7 Å². The second kappa shape index (κ2) is 13.8. The minimum atomic E-state index is -0.766. The molecule has 0 aromatic heterocycles. The molecule has 0 aliphatic carbocycles. The lowest BCUT2D eigenvalue weighted by atomic mass is 9.97. The first-order chi connectivity index (χ1) is 16.3. The summed E-state index contributed by atoms with van der Waals surface area (Å²) >= 11 is 1.57. The third kappa shape index (κ3) is 7.65.